The van der Waals surface area contributed by atoms with E-state index in [2.05, 4.69) is 39.0 Å². The van der Waals surface area contributed by atoms with Crippen LogP contribution in [-0.4, -0.2) is 12.5 Å². The smallest absolute Gasteiger partial charge is 0.223 e. The third kappa shape index (κ3) is 1.54. The first-order valence-corrected chi connectivity index (χ1v) is 5.31. The van der Waals surface area contributed by atoms with Crippen LogP contribution in [0.2, 0.25) is 0 Å². The van der Waals surface area contributed by atoms with Gasteiger partial charge in [0, 0.05) is 24.6 Å². The average Bonchev–Trinajstić information content (AvgIpc) is 2.39. The van der Waals surface area contributed by atoms with Gasteiger partial charge < -0.3 is 4.90 Å². The van der Waals surface area contributed by atoms with Crippen LogP contribution in [0.15, 0.2) is 18.2 Å². The van der Waals surface area contributed by atoms with E-state index in [1.165, 1.54) is 11.1 Å². The number of aryl methyl sites for hydroxylation is 1. The minimum absolute atomic E-state index is 0.0764. The van der Waals surface area contributed by atoms with Crippen LogP contribution in [0.1, 0.15) is 31.9 Å². The minimum Gasteiger partial charge on any atom is -0.311 e. The lowest BCUT2D eigenvalue weighted by atomic mass is 9.86. The largest absolute Gasteiger partial charge is 0.311 e. The maximum Gasteiger partial charge on any atom is 0.223 e. The second-order valence-corrected chi connectivity index (χ2v) is 5.01. The highest BCUT2D eigenvalue weighted by molar-refractivity contribution is 5.94. The molecule has 0 N–H and O–H groups in total. The number of nitrogens with zero attached hydrogens (tertiary/aromatic N) is 1. The number of benzene rings is 1. The van der Waals surface area contributed by atoms with Crippen LogP contribution in [0.3, 0.4) is 0 Å². The Balaban J connectivity index is 2.58. The molecule has 1 aromatic carbocycles. The van der Waals surface area contributed by atoms with E-state index in [9.17, 15) is 4.79 Å². The normalized spacial score (nSPS) is 17.7. The van der Waals surface area contributed by atoms with Crippen molar-refractivity contribution in [2.24, 2.45) is 0 Å². The number of fused-ring (bicyclic) bond motifs is 1. The third-order valence-electron chi connectivity index (χ3n) is 3.11. The van der Waals surface area contributed by atoms with E-state index in [0.717, 1.165) is 12.2 Å². The Morgan fingerprint density at radius 2 is 2.07 bits per heavy atom. The summed E-state index contributed by atoms with van der Waals surface area (Å²) in [4.78, 5) is 13.4. The Morgan fingerprint density at radius 1 is 1.40 bits per heavy atom. The number of carbonyl (C=O) groups is 1. The van der Waals surface area contributed by atoms with Gasteiger partial charge in [0.2, 0.25) is 5.91 Å². The van der Waals surface area contributed by atoms with Crippen LogP contribution in [0, 0.1) is 6.92 Å². The fourth-order valence-corrected chi connectivity index (χ4v) is 2.27. The van der Waals surface area contributed by atoms with Crippen LogP contribution in [-0.2, 0) is 10.2 Å². The lowest BCUT2D eigenvalue weighted by molar-refractivity contribution is -0.116. The van der Waals surface area contributed by atoms with Crippen LogP contribution in [0.4, 0.5) is 5.69 Å². The molecule has 15 heavy (non-hydrogen) atoms. The molecule has 0 bridgehead atoms. The summed E-state index contributed by atoms with van der Waals surface area (Å²) >= 11 is 0. The quantitative estimate of drug-likeness (QED) is 0.634. The van der Waals surface area contributed by atoms with Crippen LogP contribution in [0.5, 0.6) is 0 Å². The molecule has 0 atom stereocenters. The predicted octanol–water partition coefficient (Wildman–Crippen LogP) is 2.64. The summed E-state index contributed by atoms with van der Waals surface area (Å²) in [7, 11) is 0. The molecule has 2 rings (SSSR count). The lowest BCUT2D eigenvalue weighted by Crippen LogP contribution is -2.31. The van der Waals surface area contributed by atoms with E-state index < -0.39 is 0 Å². The van der Waals surface area contributed by atoms with Gasteiger partial charge in [0.1, 0.15) is 0 Å². The van der Waals surface area contributed by atoms with Crippen molar-refractivity contribution < 1.29 is 4.79 Å². The minimum atomic E-state index is 0.0764. The fraction of sp³-hybridized carbons (Fsp3) is 0.462. The molecule has 2 nitrogen and oxygen atoms in total. The molecule has 0 saturated carbocycles. The highest BCUT2D eigenvalue weighted by Gasteiger charge is 2.36. The molecule has 1 aromatic rings. The van der Waals surface area contributed by atoms with E-state index in [1.807, 2.05) is 4.90 Å². The van der Waals surface area contributed by atoms with Gasteiger partial charge in [-0.05, 0) is 18.6 Å². The van der Waals surface area contributed by atoms with Gasteiger partial charge in [0.25, 0.3) is 0 Å². The highest BCUT2D eigenvalue weighted by Crippen LogP contribution is 2.40. The predicted molar refractivity (Wildman–Crippen MR) is 62.2 cm³/mol. The van der Waals surface area contributed by atoms with Crippen molar-refractivity contribution in [1.82, 2.24) is 0 Å². The van der Waals surface area contributed by atoms with Crippen LogP contribution in [0.25, 0.3) is 0 Å². The third-order valence-corrected chi connectivity index (χ3v) is 3.11. The lowest BCUT2D eigenvalue weighted by Gasteiger charge is -2.19. The van der Waals surface area contributed by atoms with Gasteiger partial charge >= 0.3 is 0 Å². The van der Waals surface area contributed by atoms with Crippen molar-refractivity contribution in [3.05, 3.63) is 29.3 Å². The zero-order valence-electron chi connectivity index (χ0n) is 9.79. The molecule has 0 spiro atoms. The van der Waals surface area contributed by atoms with Crippen molar-refractivity contribution >= 4 is 11.6 Å². The van der Waals surface area contributed by atoms with Gasteiger partial charge in [-0.15, -0.1) is 0 Å². The SMILES string of the molecule is CC(=O)N1CC(C)(C)c2cc(C)ccc21. The topological polar surface area (TPSA) is 20.3 Å². The zero-order chi connectivity index (χ0) is 11.2. The second kappa shape index (κ2) is 3.09. The van der Waals surface area contributed by atoms with Gasteiger partial charge in [0.15, 0.2) is 0 Å². The summed E-state index contributed by atoms with van der Waals surface area (Å²) in [6.07, 6.45) is 0. The Morgan fingerprint density at radius 3 is 2.67 bits per heavy atom. The van der Waals surface area contributed by atoms with E-state index in [-0.39, 0.29) is 11.3 Å². The molecule has 0 saturated heterocycles. The fourth-order valence-electron chi connectivity index (χ4n) is 2.27. The average molecular weight is 203 g/mol. The molecule has 0 aliphatic carbocycles. The number of anilines is 1. The molecule has 1 heterocycles. The molecular weight excluding hydrogens is 186 g/mol. The van der Waals surface area contributed by atoms with Gasteiger partial charge in [0.05, 0.1) is 0 Å². The van der Waals surface area contributed by atoms with Gasteiger partial charge in [-0.1, -0.05) is 31.5 Å². The van der Waals surface area contributed by atoms with Gasteiger partial charge in [-0.3, -0.25) is 4.79 Å². The Hall–Kier alpha value is -1.31. The molecule has 0 fully saturated rings. The molecule has 80 valence electrons. The Kier molecular flexibility index (Phi) is 2.10. The number of carbonyl (C=O) groups excluding carboxylic acids is 1. The number of hydrogen-bond acceptors (Lipinski definition) is 1. The highest BCUT2D eigenvalue weighted by atomic mass is 16.2. The van der Waals surface area contributed by atoms with E-state index in [4.69, 9.17) is 0 Å². The maximum atomic E-state index is 11.5. The van der Waals surface area contributed by atoms with Crippen LogP contribution >= 0.6 is 0 Å². The van der Waals surface area contributed by atoms with E-state index >= 15 is 0 Å². The first-order chi connectivity index (χ1) is 6.92. The maximum absolute atomic E-state index is 11.5. The summed E-state index contributed by atoms with van der Waals surface area (Å²) in [6.45, 7) is 8.89. The molecule has 1 amide bonds. The molecule has 0 radical (unpaired) electrons. The Labute approximate surface area is 90.9 Å². The monoisotopic (exact) mass is 203 g/mol. The van der Waals surface area contributed by atoms with E-state index in [0.29, 0.717) is 0 Å². The van der Waals surface area contributed by atoms with Gasteiger partial charge in [-0.2, -0.15) is 0 Å². The summed E-state index contributed by atoms with van der Waals surface area (Å²) < 4.78 is 0. The molecule has 2 heteroatoms. The number of hydrogen-bond donors (Lipinski definition) is 0. The standard InChI is InChI=1S/C13H17NO/c1-9-5-6-12-11(7-9)13(3,4)8-14(12)10(2)15/h5-7H,8H2,1-4H3. The van der Waals surface area contributed by atoms with Crippen LogP contribution < -0.4 is 4.90 Å². The summed E-state index contributed by atoms with van der Waals surface area (Å²) in [6, 6.07) is 6.31. The number of rotatable bonds is 0. The van der Waals surface area contributed by atoms with Crippen molar-refractivity contribution in [2.75, 3.05) is 11.4 Å². The van der Waals surface area contributed by atoms with Crippen molar-refractivity contribution in [3.8, 4) is 0 Å². The second-order valence-electron chi connectivity index (χ2n) is 5.01. The molecule has 0 aromatic heterocycles. The summed E-state index contributed by atoms with van der Waals surface area (Å²) in [5.41, 5.74) is 3.70. The molecular formula is C13H17NO. The Bertz CT molecular complexity index is 421. The van der Waals surface area contributed by atoms with Crippen molar-refractivity contribution in [1.29, 1.82) is 0 Å². The van der Waals surface area contributed by atoms with Crippen molar-refractivity contribution in [2.45, 2.75) is 33.1 Å². The van der Waals surface area contributed by atoms with Crippen molar-refractivity contribution in [3.63, 3.8) is 0 Å². The zero-order valence-corrected chi connectivity index (χ0v) is 9.79. The molecule has 1 aliphatic rings. The number of amides is 1. The molecule has 0 unspecified atom stereocenters. The summed E-state index contributed by atoms with van der Waals surface area (Å²) in [5.74, 6) is 0.130. The van der Waals surface area contributed by atoms with E-state index in [1.54, 1.807) is 6.92 Å². The molecule has 1 aliphatic heterocycles. The summed E-state index contributed by atoms with van der Waals surface area (Å²) in [5, 5.41) is 0. The first-order valence-electron chi connectivity index (χ1n) is 5.31. The van der Waals surface area contributed by atoms with Gasteiger partial charge in [-0.25, -0.2) is 0 Å². The first kappa shape index (κ1) is 10.2.